The molecule has 1 nitrogen and oxygen atoms in total. The summed E-state index contributed by atoms with van der Waals surface area (Å²) in [6, 6.07) is 0. The van der Waals surface area contributed by atoms with Gasteiger partial charge in [-0.1, -0.05) is 64.3 Å². The van der Waals surface area contributed by atoms with Crippen LogP contribution < -0.4 is 0 Å². The predicted molar refractivity (Wildman–Crippen MR) is 80.6 cm³/mol. The van der Waals surface area contributed by atoms with Gasteiger partial charge in [-0.05, 0) is 31.1 Å². The van der Waals surface area contributed by atoms with Crippen LogP contribution >= 0.6 is 0 Å². The summed E-state index contributed by atoms with van der Waals surface area (Å²) in [6.45, 7) is 12.8. The molecule has 0 fully saturated rings. The van der Waals surface area contributed by atoms with Crippen LogP contribution in [-0.4, -0.2) is 6.29 Å². The average molecular weight is 250 g/mol. The molecule has 1 heteroatoms. The molecule has 0 aliphatic rings. The van der Waals surface area contributed by atoms with Crippen LogP contribution in [0.15, 0.2) is 24.3 Å². The quantitative estimate of drug-likeness (QED) is 0.386. The summed E-state index contributed by atoms with van der Waals surface area (Å²) >= 11 is 0. The summed E-state index contributed by atoms with van der Waals surface area (Å²) in [5.41, 5.74) is 1.36. The topological polar surface area (TPSA) is 17.1 Å². The maximum absolute atomic E-state index is 10.6. The fourth-order valence-corrected chi connectivity index (χ4v) is 2.57. The summed E-state index contributed by atoms with van der Waals surface area (Å²) in [5.74, 6) is 1.97. The van der Waals surface area contributed by atoms with Crippen molar-refractivity contribution >= 4 is 6.29 Å². The van der Waals surface area contributed by atoms with E-state index in [0.717, 1.165) is 18.6 Å². The molecule has 0 radical (unpaired) electrons. The first-order valence-corrected chi connectivity index (χ1v) is 7.25. The van der Waals surface area contributed by atoms with E-state index in [9.17, 15) is 4.79 Å². The summed E-state index contributed by atoms with van der Waals surface area (Å²) in [6.07, 6.45) is 10.5. The van der Waals surface area contributed by atoms with Crippen LogP contribution in [0.2, 0.25) is 0 Å². The first kappa shape index (κ1) is 17.2. The number of carbonyl (C=O) groups excluding carboxylic acids is 1. The minimum atomic E-state index is 0.528. The first-order valence-electron chi connectivity index (χ1n) is 7.25. The van der Waals surface area contributed by atoms with E-state index in [1.807, 2.05) is 6.08 Å². The van der Waals surface area contributed by atoms with Crippen molar-refractivity contribution in [1.82, 2.24) is 0 Å². The Bertz CT molecular complexity index is 263. The van der Waals surface area contributed by atoms with Crippen molar-refractivity contribution in [2.75, 3.05) is 0 Å². The molecule has 0 unspecified atom stereocenters. The maximum Gasteiger partial charge on any atom is 0.120 e. The van der Waals surface area contributed by atoms with E-state index in [4.69, 9.17) is 0 Å². The van der Waals surface area contributed by atoms with Crippen molar-refractivity contribution in [2.24, 2.45) is 17.8 Å². The van der Waals surface area contributed by atoms with E-state index in [0.29, 0.717) is 18.3 Å². The molecule has 104 valence electrons. The van der Waals surface area contributed by atoms with Gasteiger partial charge in [-0.25, -0.2) is 0 Å². The van der Waals surface area contributed by atoms with E-state index < -0.39 is 0 Å². The third kappa shape index (κ3) is 7.47. The van der Waals surface area contributed by atoms with Crippen LogP contribution in [-0.2, 0) is 4.79 Å². The lowest BCUT2D eigenvalue weighted by Gasteiger charge is -2.24. The Kier molecular flexibility index (Phi) is 9.63. The standard InChI is InChI=1S/C17H30O/c1-6-9-15(4)17(12-8-13-18)16(5)11-7-10-14(2)3/h6,9,13-14,16-17H,1,7-8,10-12H2,2-5H3/b15-9+/t16-,17+/m1/s1. The number of allylic oxidation sites excluding steroid dienone is 3. The zero-order valence-electron chi connectivity index (χ0n) is 12.6. The Morgan fingerprint density at radius 1 is 1.17 bits per heavy atom. The Balaban J connectivity index is 4.38. The molecule has 0 aliphatic heterocycles. The zero-order valence-corrected chi connectivity index (χ0v) is 12.6. The van der Waals surface area contributed by atoms with Crippen LogP contribution in [0.25, 0.3) is 0 Å². The second kappa shape index (κ2) is 10.1. The molecule has 0 aromatic rings. The minimum absolute atomic E-state index is 0.528. The third-order valence-electron chi connectivity index (χ3n) is 3.69. The van der Waals surface area contributed by atoms with E-state index in [2.05, 4.69) is 40.3 Å². The van der Waals surface area contributed by atoms with Gasteiger partial charge in [0.2, 0.25) is 0 Å². The molecule has 0 spiro atoms. The monoisotopic (exact) mass is 250 g/mol. The smallest absolute Gasteiger partial charge is 0.120 e. The van der Waals surface area contributed by atoms with Gasteiger partial charge in [-0.2, -0.15) is 0 Å². The van der Waals surface area contributed by atoms with Gasteiger partial charge < -0.3 is 4.79 Å². The Hall–Kier alpha value is -0.850. The molecule has 0 aliphatic carbocycles. The number of aldehydes is 1. The second-order valence-corrected chi connectivity index (χ2v) is 5.80. The van der Waals surface area contributed by atoms with Crippen molar-refractivity contribution < 1.29 is 4.79 Å². The van der Waals surface area contributed by atoms with Crippen LogP contribution in [0, 0.1) is 17.8 Å². The third-order valence-corrected chi connectivity index (χ3v) is 3.69. The molecule has 0 amide bonds. The Labute approximate surface area is 113 Å². The van der Waals surface area contributed by atoms with Crippen LogP contribution in [0.3, 0.4) is 0 Å². The molecule has 0 aromatic heterocycles. The van der Waals surface area contributed by atoms with E-state index >= 15 is 0 Å². The highest BCUT2D eigenvalue weighted by atomic mass is 16.1. The lowest BCUT2D eigenvalue weighted by molar-refractivity contribution is -0.108. The summed E-state index contributed by atoms with van der Waals surface area (Å²) < 4.78 is 0. The highest BCUT2D eigenvalue weighted by Crippen LogP contribution is 2.29. The molecular weight excluding hydrogens is 220 g/mol. The maximum atomic E-state index is 10.6. The van der Waals surface area contributed by atoms with Crippen LogP contribution in [0.1, 0.15) is 59.8 Å². The largest absolute Gasteiger partial charge is 0.303 e. The molecule has 0 heterocycles. The van der Waals surface area contributed by atoms with E-state index in [1.165, 1.54) is 24.8 Å². The molecule has 2 atom stereocenters. The van der Waals surface area contributed by atoms with Crippen molar-refractivity contribution in [3.63, 3.8) is 0 Å². The normalized spacial score (nSPS) is 15.5. The average Bonchev–Trinajstić information content (AvgIpc) is 2.29. The Morgan fingerprint density at radius 2 is 1.83 bits per heavy atom. The van der Waals surface area contributed by atoms with Crippen LogP contribution in [0.5, 0.6) is 0 Å². The highest BCUT2D eigenvalue weighted by Gasteiger charge is 2.18. The van der Waals surface area contributed by atoms with E-state index in [1.54, 1.807) is 0 Å². The number of hydrogen-bond acceptors (Lipinski definition) is 1. The molecule has 0 aromatic carbocycles. The summed E-state index contributed by atoms with van der Waals surface area (Å²) in [5, 5.41) is 0. The highest BCUT2D eigenvalue weighted by molar-refractivity contribution is 5.49. The van der Waals surface area contributed by atoms with Gasteiger partial charge >= 0.3 is 0 Å². The molecule has 0 bridgehead atoms. The number of rotatable bonds is 10. The zero-order chi connectivity index (χ0) is 14.0. The molecular formula is C17H30O. The molecule has 0 rings (SSSR count). The number of hydrogen-bond donors (Lipinski definition) is 0. The van der Waals surface area contributed by atoms with Gasteiger partial charge in [0, 0.05) is 6.42 Å². The molecule has 0 saturated carbocycles. The fourth-order valence-electron chi connectivity index (χ4n) is 2.57. The SMILES string of the molecule is C=C/C=C(\C)[C@H](CCC=O)[C@H](C)CCCC(C)C. The number of carbonyl (C=O) groups is 1. The van der Waals surface area contributed by atoms with Gasteiger partial charge in [-0.15, -0.1) is 0 Å². The van der Waals surface area contributed by atoms with Gasteiger partial charge in [0.25, 0.3) is 0 Å². The predicted octanol–water partition coefficient (Wildman–Crippen LogP) is 5.18. The van der Waals surface area contributed by atoms with Gasteiger partial charge in [-0.3, -0.25) is 0 Å². The first-order chi connectivity index (χ1) is 8.52. The van der Waals surface area contributed by atoms with Crippen molar-refractivity contribution in [1.29, 1.82) is 0 Å². The molecule has 0 N–H and O–H groups in total. The molecule has 18 heavy (non-hydrogen) atoms. The van der Waals surface area contributed by atoms with Crippen molar-refractivity contribution in [3.05, 3.63) is 24.3 Å². The van der Waals surface area contributed by atoms with E-state index in [-0.39, 0.29) is 0 Å². The fraction of sp³-hybridized carbons (Fsp3) is 0.706. The van der Waals surface area contributed by atoms with Gasteiger partial charge in [0.15, 0.2) is 0 Å². The summed E-state index contributed by atoms with van der Waals surface area (Å²) in [7, 11) is 0. The Morgan fingerprint density at radius 3 is 2.33 bits per heavy atom. The van der Waals surface area contributed by atoms with Gasteiger partial charge in [0.05, 0.1) is 0 Å². The minimum Gasteiger partial charge on any atom is -0.303 e. The van der Waals surface area contributed by atoms with Gasteiger partial charge in [0.1, 0.15) is 6.29 Å². The summed E-state index contributed by atoms with van der Waals surface area (Å²) in [4.78, 5) is 10.6. The van der Waals surface area contributed by atoms with Crippen molar-refractivity contribution in [3.8, 4) is 0 Å². The molecule has 0 saturated heterocycles. The van der Waals surface area contributed by atoms with Crippen LogP contribution in [0.4, 0.5) is 0 Å². The lowest BCUT2D eigenvalue weighted by atomic mass is 9.81. The lowest BCUT2D eigenvalue weighted by Crippen LogP contribution is -2.14. The van der Waals surface area contributed by atoms with Crippen molar-refractivity contribution in [2.45, 2.75) is 59.8 Å². The second-order valence-electron chi connectivity index (χ2n) is 5.80.